The highest BCUT2D eigenvalue weighted by atomic mass is 35.5. The number of ether oxygens (including phenoxy) is 1. The molecule has 0 saturated carbocycles. The summed E-state index contributed by atoms with van der Waals surface area (Å²) in [5.74, 6) is -0.490. The van der Waals surface area contributed by atoms with Crippen molar-refractivity contribution in [2.75, 3.05) is 0 Å². The lowest BCUT2D eigenvalue weighted by Crippen LogP contribution is -2.00. The molecule has 0 unspecified atom stereocenters. The van der Waals surface area contributed by atoms with Crippen LogP contribution in [0.1, 0.15) is 5.56 Å². The van der Waals surface area contributed by atoms with E-state index in [0.29, 0.717) is 10.7 Å². The average molecular weight is 322 g/mol. The van der Waals surface area contributed by atoms with Crippen LogP contribution in [0.15, 0.2) is 48.5 Å². The normalized spacial score (nSPS) is 10.8. The first kappa shape index (κ1) is 14.1. The topological polar surface area (TPSA) is 22.1 Å². The van der Waals surface area contributed by atoms with E-state index >= 15 is 0 Å². The first-order chi connectivity index (χ1) is 10.1. The predicted octanol–water partition coefficient (Wildman–Crippen LogP) is 5.26. The van der Waals surface area contributed by atoms with Crippen molar-refractivity contribution in [3.63, 3.8) is 0 Å². The lowest BCUT2D eigenvalue weighted by molar-refractivity contribution is 0.290. The van der Waals surface area contributed by atoms with E-state index in [1.54, 1.807) is 6.07 Å². The third-order valence-electron chi connectivity index (χ3n) is 3.04. The highest BCUT2D eigenvalue weighted by Gasteiger charge is 2.11. The van der Waals surface area contributed by atoms with Crippen molar-refractivity contribution >= 4 is 34.1 Å². The molecule has 0 fully saturated rings. The minimum atomic E-state index is -0.507. The fraction of sp³-hybridized carbons (Fsp3) is 0.0625. The molecule has 1 heterocycles. The van der Waals surface area contributed by atoms with Crippen LogP contribution in [0.25, 0.3) is 10.9 Å². The van der Waals surface area contributed by atoms with Crippen LogP contribution >= 0.6 is 23.2 Å². The Labute approximate surface area is 131 Å². The van der Waals surface area contributed by atoms with Crippen LogP contribution in [0.3, 0.4) is 0 Å². The predicted molar refractivity (Wildman–Crippen MR) is 82.5 cm³/mol. The van der Waals surface area contributed by atoms with E-state index in [1.807, 2.05) is 30.3 Å². The zero-order valence-electron chi connectivity index (χ0n) is 10.8. The largest absolute Gasteiger partial charge is 0.484 e. The summed E-state index contributed by atoms with van der Waals surface area (Å²) in [6.07, 6.45) is 0. The lowest BCUT2D eigenvalue weighted by atomic mass is 10.2. The molecule has 0 bridgehead atoms. The van der Waals surface area contributed by atoms with Gasteiger partial charge in [0.2, 0.25) is 0 Å². The molecule has 0 amide bonds. The summed E-state index contributed by atoms with van der Waals surface area (Å²) in [4.78, 5) is 4.29. The van der Waals surface area contributed by atoms with Gasteiger partial charge in [0.1, 0.15) is 11.8 Å². The van der Waals surface area contributed by atoms with Gasteiger partial charge in [-0.25, -0.2) is 9.37 Å². The van der Waals surface area contributed by atoms with E-state index in [9.17, 15) is 4.39 Å². The maximum Gasteiger partial charge on any atom is 0.174 e. The van der Waals surface area contributed by atoms with Crippen LogP contribution in [0.2, 0.25) is 10.2 Å². The molecule has 2 nitrogen and oxygen atoms in total. The number of fused-ring (bicyclic) bond motifs is 1. The molecule has 106 valence electrons. The van der Waals surface area contributed by atoms with Crippen LogP contribution in [-0.2, 0) is 6.61 Å². The summed E-state index contributed by atoms with van der Waals surface area (Å²) in [6.45, 7) is 0.0946. The Bertz CT molecular complexity index is 787. The van der Waals surface area contributed by atoms with Gasteiger partial charge in [-0.05, 0) is 24.3 Å². The number of halogens is 3. The van der Waals surface area contributed by atoms with Gasteiger partial charge in [0.05, 0.1) is 10.5 Å². The van der Waals surface area contributed by atoms with Crippen molar-refractivity contribution in [2.24, 2.45) is 0 Å². The Morgan fingerprint density at radius 2 is 1.86 bits per heavy atom. The molecule has 0 atom stereocenters. The first-order valence-electron chi connectivity index (χ1n) is 6.26. The number of benzene rings is 2. The first-order valence-corrected chi connectivity index (χ1v) is 7.02. The molecule has 0 aliphatic rings. The highest BCUT2D eigenvalue weighted by molar-refractivity contribution is 6.32. The maximum atomic E-state index is 13.6. The lowest BCUT2D eigenvalue weighted by Gasteiger charge is -2.10. The van der Waals surface area contributed by atoms with Gasteiger partial charge >= 0.3 is 0 Å². The Hall–Kier alpha value is -1.84. The minimum Gasteiger partial charge on any atom is -0.484 e. The molecule has 2 aromatic carbocycles. The van der Waals surface area contributed by atoms with Gasteiger partial charge < -0.3 is 4.74 Å². The van der Waals surface area contributed by atoms with Crippen molar-refractivity contribution in [3.05, 3.63) is 70.1 Å². The van der Waals surface area contributed by atoms with Gasteiger partial charge in [-0.3, -0.25) is 0 Å². The van der Waals surface area contributed by atoms with Gasteiger partial charge in [0.15, 0.2) is 11.6 Å². The van der Waals surface area contributed by atoms with E-state index in [2.05, 4.69) is 4.98 Å². The average Bonchev–Trinajstić information content (AvgIpc) is 2.47. The monoisotopic (exact) mass is 321 g/mol. The van der Waals surface area contributed by atoms with E-state index in [-0.39, 0.29) is 17.4 Å². The zero-order valence-corrected chi connectivity index (χ0v) is 12.3. The Kier molecular flexibility index (Phi) is 3.95. The molecular formula is C16H10Cl2FNO. The molecule has 1 aromatic heterocycles. The number of aromatic nitrogens is 1. The molecule has 0 aliphatic heterocycles. The third-order valence-corrected chi connectivity index (χ3v) is 3.67. The summed E-state index contributed by atoms with van der Waals surface area (Å²) in [6, 6.07) is 13.9. The number of para-hydroxylation sites is 2. The van der Waals surface area contributed by atoms with E-state index < -0.39 is 5.82 Å². The van der Waals surface area contributed by atoms with Crippen LogP contribution in [0, 0.1) is 5.82 Å². The van der Waals surface area contributed by atoms with Gasteiger partial charge in [-0.2, -0.15) is 0 Å². The summed E-state index contributed by atoms with van der Waals surface area (Å²) in [7, 11) is 0. The van der Waals surface area contributed by atoms with Gasteiger partial charge in [0, 0.05) is 10.9 Å². The zero-order chi connectivity index (χ0) is 14.8. The fourth-order valence-corrected chi connectivity index (χ4v) is 2.43. The molecule has 0 aliphatic carbocycles. The van der Waals surface area contributed by atoms with E-state index in [4.69, 9.17) is 27.9 Å². The maximum absolute atomic E-state index is 13.6. The Morgan fingerprint density at radius 1 is 1.05 bits per heavy atom. The molecule has 21 heavy (non-hydrogen) atoms. The molecule has 5 heteroatoms. The van der Waals surface area contributed by atoms with E-state index in [0.717, 1.165) is 10.9 Å². The van der Waals surface area contributed by atoms with Crippen molar-refractivity contribution in [1.29, 1.82) is 0 Å². The van der Waals surface area contributed by atoms with Crippen molar-refractivity contribution < 1.29 is 9.13 Å². The van der Waals surface area contributed by atoms with E-state index in [1.165, 1.54) is 12.1 Å². The number of hydrogen-bond acceptors (Lipinski definition) is 2. The summed E-state index contributed by atoms with van der Waals surface area (Å²) >= 11 is 12.0. The van der Waals surface area contributed by atoms with Crippen LogP contribution in [-0.4, -0.2) is 4.98 Å². The third kappa shape index (κ3) is 2.94. The van der Waals surface area contributed by atoms with Gasteiger partial charge in [-0.15, -0.1) is 0 Å². The number of hydrogen-bond donors (Lipinski definition) is 0. The molecule has 3 rings (SSSR count). The quantitative estimate of drug-likeness (QED) is 0.614. The minimum absolute atomic E-state index is 0.0170. The Balaban J connectivity index is 1.90. The number of pyridine rings is 1. The summed E-state index contributed by atoms with van der Waals surface area (Å²) in [5.41, 5.74) is 1.48. The highest BCUT2D eigenvalue weighted by Crippen LogP contribution is 2.29. The number of nitrogens with zero attached hydrogens (tertiary/aromatic N) is 1. The SMILES string of the molecule is Fc1cccc(Cl)c1OCc1cc2ccccc2nc1Cl. The molecule has 3 aromatic rings. The fourth-order valence-electron chi connectivity index (χ4n) is 2.01. The standard InChI is InChI=1S/C16H10Cl2FNO/c17-12-5-3-6-13(19)15(12)21-9-11-8-10-4-1-2-7-14(10)20-16(11)18/h1-8H,9H2. The molecule has 0 N–H and O–H groups in total. The van der Waals surface area contributed by atoms with Crippen molar-refractivity contribution in [3.8, 4) is 5.75 Å². The number of rotatable bonds is 3. The second kappa shape index (κ2) is 5.88. The summed E-state index contributed by atoms with van der Waals surface area (Å²) < 4.78 is 19.1. The van der Waals surface area contributed by atoms with Crippen molar-refractivity contribution in [2.45, 2.75) is 6.61 Å². The van der Waals surface area contributed by atoms with Crippen molar-refractivity contribution in [1.82, 2.24) is 4.98 Å². The van der Waals surface area contributed by atoms with Crippen LogP contribution < -0.4 is 4.74 Å². The molecule has 0 radical (unpaired) electrons. The molecule has 0 saturated heterocycles. The molecule has 0 spiro atoms. The second-order valence-electron chi connectivity index (χ2n) is 4.47. The van der Waals surface area contributed by atoms with Crippen LogP contribution in [0.5, 0.6) is 5.75 Å². The molecular weight excluding hydrogens is 312 g/mol. The summed E-state index contributed by atoms with van der Waals surface area (Å²) in [5, 5.41) is 1.50. The van der Waals surface area contributed by atoms with Gasteiger partial charge in [-0.1, -0.05) is 47.5 Å². The van der Waals surface area contributed by atoms with Gasteiger partial charge in [0.25, 0.3) is 0 Å². The Morgan fingerprint density at radius 3 is 2.67 bits per heavy atom. The smallest absolute Gasteiger partial charge is 0.174 e. The second-order valence-corrected chi connectivity index (χ2v) is 5.24. The van der Waals surface area contributed by atoms with Crippen LogP contribution in [0.4, 0.5) is 4.39 Å².